The van der Waals surface area contributed by atoms with E-state index in [1.165, 1.54) is 0 Å². The van der Waals surface area contributed by atoms with Crippen molar-refractivity contribution < 1.29 is 0 Å². The molecule has 3 heteroatoms. The molecule has 0 aliphatic rings. The first-order valence-corrected chi connectivity index (χ1v) is 4.94. The van der Waals surface area contributed by atoms with Gasteiger partial charge in [0.1, 0.15) is 0 Å². The molecule has 1 rings (SSSR count). The average molecular weight is 199 g/mol. The summed E-state index contributed by atoms with van der Waals surface area (Å²) >= 11 is 5.98. The van der Waals surface area contributed by atoms with Gasteiger partial charge in [0, 0.05) is 12.4 Å². The lowest BCUT2D eigenvalue weighted by molar-refractivity contribution is 0.518. The highest BCUT2D eigenvalue weighted by Crippen LogP contribution is 2.18. The summed E-state index contributed by atoms with van der Waals surface area (Å²) in [5.41, 5.74) is 6.77. The summed E-state index contributed by atoms with van der Waals surface area (Å²) < 4.78 is 0. The third-order valence-corrected chi connectivity index (χ3v) is 2.62. The predicted molar refractivity (Wildman–Crippen MR) is 55.8 cm³/mol. The van der Waals surface area contributed by atoms with Gasteiger partial charge in [-0.05, 0) is 30.5 Å². The van der Waals surface area contributed by atoms with Crippen molar-refractivity contribution in [1.82, 2.24) is 4.98 Å². The van der Waals surface area contributed by atoms with Gasteiger partial charge < -0.3 is 5.73 Å². The molecule has 1 unspecified atom stereocenters. The van der Waals surface area contributed by atoms with Crippen LogP contribution in [0.15, 0.2) is 18.5 Å². The van der Waals surface area contributed by atoms with Crippen molar-refractivity contribution in [2.24, 2.45) is 11.7 Å². The number of halogens is 1. The van der Waals surface area contributed by atoms with Crippen LogP contribution in [0.1, 0.15) is 18.9 Å². The monoisotopic (exact) mass is 198 g/mol. The van der Waals surface area contributed by atoms with Gasteiger partial charge in [-0.2, -0.15) is 0 Å². The van der Waals surface area contributed by atoms with E-state index in [1.54, 1.807) is 12.4 Å². The lowest BCUT2D eigenvalue weighted by atomic mass is 9.98. The van der Waals surface area contributed by atoms with E-state index in [4.69, 9.17) is 17.3 Å². The van der Waals surface area contributed by atoms with Gasteiger partial charge in [-0.1, -0.05) is 24.9 Å². The molecular weight excluding hydrogens is 184 g/mol. The van der Waals surface area contributed by atoms with E-state index in [9.17, 15) is 0 Å². The molecule has 1 heterocycles. The van der Waals surface area contributed by atoms with Gasteiger partial charge in [-0.25, -0.2) is 0 Å². The Morgan fingerprint density at radius 1 is 1.62 bits per heavy atom. The van der Waals surface area contributed by atoms with Crippen molar-refractivity contribution in [2.75, 3.05) is 6.54 Å². The summed E-state index contributed by atoms with van der Waals surface area (Å²) in [4.78, 5) is 3.94. The van der Waals surface area contributed by atoms with E-state index < -0.39 is 0 Å². The highest BCUT2D eigenvalue weighted by atomic mass is 35.5. The first-order chi connectivity index (χ1) is 6.27. The number of rotatable bonds is 4. The normalized spacial score (nSPS) is 12.8. The molecule has 0 saturated heterocycles. The third-order valence-electron chi connectivity index (χ3n) is 2.28. The molecule has 13 heavy (non-hydrogen) atoms. The number of hydrogen-bond acceptors (Lipinski definition) is 2. The molecule has 0 aliphatic heterocycles. The first-order valence-electron chi connectivity index (χ1n) is 4.56. The molecule has 0 amide bonds. The molecule has 0 radical (unpaired) electrons. The van der Waals surface area contributed by atoms with Crippen LogP contribution >= 0.6 is 11.6 Å². The largest absolute Gasteiger partial charge is 0.330 e. The molecule has 0 bridgehead atoms. The molecule has 1 aromatic rings. The van der Waals surface area contributed by atoms with Crippen LogP contribution < -0.4 is 5.73 Å². The Kier molecular flexibility index (Phi) is 4.19. The predicted octanol–water partition coefficient (Wildman–Crippen LogP) is 2.26. The van der Waals surface area contributed by atoms with Gasteiger partial charge in [0.2, 0.25) is 0 Å². The maximum Gasteiger partial charge on any atom is 0.0621 e. The summed E-state index contributed by atoms with van der Waals surface area (Å²) in [6.07, 6.45) is 5.49. The highest BCUT2D eigenvalue weighted by Gasteiger charge is 2.07. The van der Waals surface area contributed by atoms with Crippen LogP contribution in [-0.2, 0) is 6.42 Å². The second kappa shape index (κ2) is 5.20. The van der Waals surface area contributed by atoms with Crippen LogP contribution in [0.2, 0.25) is 5.02 Å². The molecule has 72 valence electrons. The maximum atomic E-state index is 5.98. The maximum absolute atomic E-state index is 5.98. The van der Waals surface area contributed by atoms with Gasteiger partial charge in [0.25, 0.3) is 0 Å². The van der Waals surface area contributed by atoms with Crippen molar-refractivity contribution in [3.63, 3.8) is 0 Å². The minimum absolute atomic E-state index is 0.528. The van der Waals surface area contributed by atoms with Crippen LogP contribution in [-0.4, -0.2) is 11.5 Å². The van der Waals surface area contributed by atoms with E-state index >= 15 is 0 Å². The summed E-state index contributed by atoms with van der Waals surface area (Å²) in [7, 11) is 0. The molecule has 1 aromatic heterocycles. The minimum atomic E-state index is 0.528. The standard InChI is InChI=1S/C10H15ClN2/c1-2-8(6-12)5-9-3-4-13-7-10(9)11/h3-4,7-8H,2,5-6,12H2,1H3. The minimum Gasteiger partial charge on any atom is -0.330 e. The van der Waals surface area contributed by atoms with E-state index in [1.807, 2.05) is 6.07 Å². The van der Waals surface area contributed by atoms with Gasteiger partial charge in [-0.15, -0.1) is 0 Å². The first kappa shape index (κ1) is 10.5. The molecule has 0 fully saturated rings. The number of nitrogens with zero attached hydrogens (tertiary/aromatic N) is 1. The Morgan fingerprint density at radius 2 is 2.38 bits per heavy atom. The fourth-order valence-electron chi connectivity index (χ4n) is 1.27. The van der Waals surface area contributed by atoms with Gasteiger partial charge >= 0.3 is 0 Å². The zero-order chi connectivity index (χ0) is 9.68. The highest BCUT2D eigenvalue weighted by molar-refractivity contribution is 6.31. The number of pyridine rings is 1. The van der Waals surface area contributed by atoms with E-state index in [0.29, 0.717) is 5.92 Å². The van der Waals surface area contributed by atoms with Crippen LogP contribution in [0, 0.1) is 5.92 Å². The van der Waals surface area contributed by atoms with Crippen molar-refractivity contribution in [3.05, 3.63) is 29.0 Å². The second-order valence-corrected chi connectivity index (χ2v) is 3.59. The second-order valence-electron chi connectivity index (χ2n) is 3.18. The Labute approximate surface area is 84.1 Å². The Bertz CT molecular complexity index is 259. The van der Waals surface area contributed by atoms with Crippen LogP contribution in [0.5, 0.6) is 0 Å². The number of aromatic nitrogens is 1. The van der Waals surface area contributed by atoms with E-state index in [2.05, 4.69) is 11.9 Å². The molecule has 0 spiro atoms. The van der Waals surface area contributed by atoms with Gasteiger partial charge in [0.15, 0.2) is 0 Å². The van der Waals surface area contributed by atoms with Crippen LogP contribution in [0.3, 0.4) is 0 Å². The summed E-state index contributed by atoms with van der Waals surface area (Å²) in [6.45, 7) is 2.86. The summed E-state index contributed by atoms with van der Waals surface area (Å²) in [5, 5.41) is 0.745. The molecular formula is C10H15ClN2. The quantitative estimate of drug-likeness (QED) is 0.806. The average Bonchev–Trinajstić information content (AvgIpc) is 2.17. The molecule has 0 aliphatic carbocycles. The molecule has 0 aromatic carbocycles. The van der Waals surface area contributed by atoms with Crippen LogP contribution in [0.25, 0.3) is 0 Å². The van der Waals surface area contributed by atoms with Gasteiger partial charge in [-0.3, -0.25) is 4.98 Å². The topological polar surface area (TPSA) is 38.9 Å². The zero-order valence-corrected chi connectivity index (χ0v) is 8.59. The summed E-state index contributed by atoms with van der Waals surface area (Å²) in [6, 6.07) is 1.96. The van der Waals surface area contributed by atoms with E-state index in [-0.39, 0.29) is 0 Å². The zero-order valence-electron chi connectivity index (χ0n) is 7.83. The Morgan fingerprint density at radius 3 is 2.92 bits per heavy atom. The van der Waals surface area contributed by atoms with Gasteiger partial charge in [0.05, 0.1) is 5.02 Å². The molecule has 1 atom stereocenters. The van der Waals surface area contributed by atoms with Crippen molar-refractivity contribution >= 4 is 11.6 Å². The Hall–Kier alpha value is -0.600. The summed E-state index contributed by atoms with van der Waals surface area (Å²) in [5.74, 6) is 0.528. The number of hydrogen-bond donors (Lipinski definition) is 1. The lowest BCUT2D eigenvalue weighted by Crippen LogP contribution is -2.16. The van der Waals surface area contributed by atoms with Crippen molar-refractivity contribution in [3.8, 4) is 0 Å². The van der Waals surface area contributed by atoms with E-state index in [0.717, 1.165) is 30.0 Å². The smallest absolute Gasteiger partial charge is 0.0621 e. The molecule has 0 saturated carbocycles. The molecule has 2 nitrogen and oxygen atoms in total. The fraction of sp³-hybridized carbons (Fsp3) is 0.500. The van der Waals surface area contributed by atoms with Crippen molar-refractivity contribution in [1.29, 1.82) is 0 Å². The third kappa shape index (κ3) is 2.98. The fourth-order valence-corrected chi connectivity index (χ4v) is 1.47. The number of nitrogens with two attached hydrogens (primary N) is 1. The van der Waals surface area contributed by atoms with Crippen molar-refractivity contribution in [2.45, 2.75) is 19.8 Å². The molecule has 2 N–H and O–H groups in total. The Balaban J connectivity index is 2.67. The lowest BCUT2D eigenvalue weighted by Gasteiger charge is -2.12. The SMILES string of the molecule is CCC(CN)Cc1ccncc1Cl. The van der Waals surface area contributed by atoms with Crippen LogP contribution in [0.4, 0.5) is 0 Å².